The summed E-state index contributed by atoms with van der Waals surface area (Å²) >= 11 is 0. The van der Waals surface area contributed by atoms with Crippen molar-refractivity contribution in [1.29, 1.82) is 0 Å². The van der Waals surface area contributed by atoms with E-state index in [0.717, 1.165) is 23.1 Å². The molecule has 0 aromatic heterocycles. The number of halogens is 3. The summed E-state index contributed by atoms with van der Waals surface area (Å²) in [5.74, 6) is -1.28. The van der Waals surface area contributed by atoms with Crippen LogP contribution in [0.15, 0.2) is 60.7 Å². The third-order valence-corrected chi connectivity index (χ3v) is 6.84. The SMILES string of the molecule is CCOc1ccc(-c2ccc(CCc3ccc(C4=CCC(C(C)O)CC4)c(F)c3F)cc2)c(F)c1. The highest BCUT2D eigenvalue weighted by molar-refractivity contribution is 5.67. The smallest absolute Gasteiger partial charge is 0.166 e. The average molecular weight is 481 g/mol. The minimum absolute atomic E-state index is 0.170. The average Bonchev–Trinajstić information content (AvgIpc) is 2.86. The third kappa shape index (κ3) is 5.79. The lowest BCUT2D eigenvalue weighted by Crippen LogP contribution is -2.18. The zero-order chi connectivity index (χ0) is 24.9. The van der Waals surface area contributed by atoms with Crippen LogP contribution < -0.4 is 4.74 Å². The van der Waals surface area contributed by atoms with E-state index in [1.807, 2.05) is 37.3 Å². The molecule has 1 aliphatic carbocycles. The van der Waals surface area contributed by atoms with E-state index in [9.17, 15) is 18.3 Å². The van der Waals surface area contributed by atoms with Crippen molar-refractivity contribution in [2.45, 2.75) is 52.1 Å². The zero-order valence-corrected chi connectivity index (χ0v) is 20.2. The van der Waals surface area contributed by atoms with Gasteiger partial charge in [-0.05, 0) is 86.3 Å². The first-order valence-electron chi connectivity index (χ1n) is 12.2. The summed E-state index contributed by atoms with van der Waals surface area (Å²) in [4.78, 5) is 0. The van der Waals surface area contributed by atoms with Crippen LogP contribution in [-0.2, 0) is 12.8 Å². The number of hydrogen-bond acceptors (Lipinski definition) is 2. The quantitative estimate of drug-likeness (QED) is 0.361. The molecule has 4 rings (SSSR count). The molecule has 0 fully saturated rings. The van der Waals surface area contributed by atoms with Crippen molar-refractivity contribution in [1.82, 2.24) is 0 Å². The predicted molar refractivity (Wildman–Crippen MR) is 134 cm³/mol. The summed E-state index contributed by atoms with van der Waals surface area (Å²) in [7, 11) is 0. The van der Waals surface area contributed by atoms with Crippen molar-refractivity contribution < 1.29 is 23.0 Å². The Morgan fingerprint density at radius 1 is 0.943 bits per heavy atom. The van der Waals surface area contributed by atoms with Crippen LogP contribution >= 0.6 is 0 Å². The fraction of sp³-hybridized carbons (Fsp3) is 0.333. The Hall–Kier alpha value is -3.05. The van der Waals surface area contributed by atoms with E-state index in [1.54, 1.807) is 31.2 Å². The van der Waals surface area contributed by atoms with Crippen molar-refractivity contribution in [2.24, 2.45) is 5.92 Å². The molecular formula is C30H31F3O2. The molecule has 3 aromatic rings. The fourth-order valence-electron chi connectivity index (χ4n) is 4.68. The van der Waals surface area contributed by atoms with Crippen LogP contribution in [0.3, 0.4) is 0 Å². The lowest BCUT2D eigenvalue weighted by Gasteiger charge is -2.24. The van der Waals surface area contributed by atoms with Gasteiger partial charge in [0.2, 0.25) is 0 Å². The van der Waals surface area contributed by atoms with Crippen LogP contribution in [0.25, 0.3) is 16.7 Å². The number of aryl methyl sites for hydroxylation is 2. The molecule has 0 spiro atoms. The molecule has 35 heavy (non-hydrogen) atoms. The van der Waals surface area contributed by atoms with Gasteiger partial charge in [-0.25, -0.2) is 13.2 Å². The van der Waals surface area contributed by atoms with E-state index < -0.39 is 17.7 Å². The molecule has 2 atom stereocenters. The summed E-state index contributed by atoms with van der Waals surface area (Å²) in [6.45, 7) is 4.09. The maximum atomic E-state index is 14.9. The van der Waals surface area contributed by atoms with Gasteiger partial charge in [0.15, 0.2) is 11.6 Å². The molecular weight excluding hydrogens is 449 g/mol. The summed E-state index contributed by atoms with van der Waals surface area (Å²) in [5.41, 5.74) is 3.66. The minimum atomic E-state index is -0.800. The van der Waals surface area contributed by atoms with Gasteiger partial charge in [-0.15, -0.1) is 0 Å². The summed E-state index contributed by atoms with van der Waals surface area (Å²) in [5, 5.41) is 9.75. The Labute approximate surface area is 205 Å². The molecule has 0 heterocycles. The van der Waals surface area contributed by atoms with Crippen molar-refractivity contribution in [2.75, 3.05) is 6.61 Å². The van der Waals surface area contributed by atoms with Crippen LogP contribution in [0, 0.1) is 23.4 Å². The zero-order valence-electron chi connectivity index (χ0n) is 20.2. The first-order valence-corrected chi connectivity index (χ1v) is 12.2. The van der Waals surface area contributed by atoms with Gasteiger partial charge >= 0.3 is 0 Å². The number of ether oxygens (including phenoxy) is 1. The van der Waals surface area contributed by atoms with E-state index in [2.05, 4.69) is 0 Å². The van der Waals surface area contributed by atoms with Gasteiger partial charge in [0.1, 0.15) is 11.6 Å². The number of aliphatic hydroxyl groups excluding tert-OH is 1. The molecule has 1 aliphatic rings. The predicted octanol–water partition coefficient (Wildman–Crippen LogP) is 7.52. The molecule has 3 aromatic carbocycles. The maximum absolute atomic E-state index is 14.9. The van der Waals surface area contributed by atoms with Crippen LogP contribution in [0.1, 0.15) is 49.8 Å². The molecule has 0 amide bonds. The van der Waals surface area contributed by atoms with Crippen LogP contribution in [0.5, 0.6) is 5.75 Å². The highest BCUT2D eigenvalue weighted by Crippen LogP contribution is 2.34. The third-order valence-electron chi connectivity index (χ3n) is 6.84. The molecule has 2 nitrogen and oxygen atoms in total. The Bertz CT molecular complexity index is 1200. The summed E-state index contributed by atoms with van der Waals surface area (Å²) in [6, 6.07) is 15.6. The van der Waals surface area contributed by atoms with Gasteiger partial charge in [0, 0.05) is 17.2 Å². The molecule has 0 saturated carbocycles. The number of aliphatic hydroxyl groups is 1. The van der Waals surface area contributed by atoms with Gasteiger partial charge in [-0.1, -0.05) is 42.5 Å². The first-order chi connectivity index (χ1) is 16.9. The minimum Gasteiger partial charge on any atom is -0.494 e. The molecule has 0 radical (unpaired) electrons. The number of hydrogen-bond donors (Lipinski definition) is 1. The van der Waals surface area contributed by atoms with Crippen LogP contribution in [-0.4, -0.2) is 17.8 Å². The Balaban J connectivity index is 1.42. The largest absolute Gasteiger partial charge is 0.494 e. The molecule has 0 bridgehead atoms. The standard InChI is InChI=1S/C30H31F3O2/c1-3-35-25-15-17-26(28(31)18-25)22-7-4-20(5-8-22)6-9-24-14-16-27(30(33)29(24)32)23-12-10-21(11-13-23)19(2)34/h4-5,7-8,12,14-19,21,34H,3,6,9-11,13H2,1-2H3. The van der Waals surface area contributed by atoms with Gasteiger partial charge in [0.25, 0.3) is 0 Å². The van der Waals surface area contributed by atoms with Crippen molar-refractivity contribution in [3.05, 3.63) is 94.8 Å². The molecule has 1 N–H and O–H groups in total. The molecule has 184 valence electrons. The van der Waals surface area contributed by atoms with E-state index in [1.165, 1.54) is 6.07 Å². The molecule has 0 aliphatic heterocycles. The number of benzene rings is 3. The van der Waals surface area contributed by atoms with Gasteiger partial charge in [-0.3, -0.25) is 0 Å². The second-order valence-corrected chi connectivity index (χ2v) is 9.18. The van der Waals surface area contributed by atoms with Gasteiger partial charge in [-0.2, -0.15) is 0 Å². The fourth-order valence-corrected chi connectivity index (χ4v) is 4.68. The highest BCUT2D eigenvalue weighted by Gasteiger charge is 2.22. The van der Waals surface area contributed by atoms with E-state index in [-0.39, 0.29) is 11.7 Å². The Morgan fingerprint density at radius 3 is 2.31 bits per heavy atom. The van der Waals surface area contributed by atoms with Crippen LogP contribution in [0.2, 0.25) is 0 Å². The van der Waals surface area contributed by atoms with Gasteiger partial charge < -0.3 is 9.84 Å². The second-order valence-electron chi connectivity index (χ2n) is 9.18. The second kappa shape index (κ2) is 11.1. The lowest BCUT2D eigenvalue weighted by molar-refractivity contribution is 0.120. The van der Waals surface area contributed by atoms with Gasteiger partial charge in [0.05, 0.1) is 12.7 Å². The monoisotopic (exact) mass is 480 g/mol. The molecule has 2 unspecified atom stereocenters. The van der Waals surface area contributed by atoms with E-state index in [0.29, 0.717) is 54.7 Å². The van der Waals surface area contributed by atoms with Crippen molar-refractivity contribution in [3.63, 3.8) is 0 Å². The first kappa shape index (κ1) is 25.1. The summed E-state index contributed by atoms with van der Waals surface area (Å²) in [6.07, 6.45) is 4.50. The summed E-state index contributed by atoms with van der Waals surface area (Å²) < 4.78 is 49.5. The topological polar surface area (TPSA) is 29.5 Å². The normalized spacial score (nSPS) is 16.6. The number of rotatable bonds is 8. The number of allylic oxidation sites excluding steroid dienone is 2. The maximum Gasteiger partial charge on any atom is 0.166 e. The van der Waals surface area contributed by atoms with Crippen molar-refractivity contribution >= 4 is 5.57 Å². The molecule has 0 saturated heterocycles. The van der Waals surface area contributed by atoms with E-state index in [4.69, 9.17) is 4.74 Å². The lowest BCUT2D eigenvalue weighted by atomic mass is 9.83. The Kier molecular flexibility index (Phi) is 7.97. The Morgan fingerprint density at radius 2 is 1.69 bits per heavy atom. The van der Waals surface area contributed by atoms with Crippen molar-refractivity contribution in [3.8, 4) is 16.9 Å². The molecule has 5 heteroatoms. The highest BCUT2D eigenvalue weighted by atomic mass is 19.2. The van der Waals surface area contributed by atoms with Crippen LogP contribution in [0.4, 0.5) is 13.2 Å². The van der Waals surface area contributed by atoms with E-state index >= 15 is 0 Å².